The van der Waals surface area contributed by atoms with E-state index < -0.39 is 0 Å². The van der Waals surface area contributed by atoms with Crippen molar-refractivity contribution in [3.05, 3.63) is 0 Å². The van der Waals surface area contributed by atoms with Gasteiger partial charge < -0.3 is 0 Å². The average Bonchev–Trinajstić information content (AvgIpc) is 1.54. The molecular weight excluding hydrogens is 132 g/mol. The molecule has 66 valence electrons. The van der Waals surface area contributed by atoms with Crippen molar-refractivity contribution in [2.45, 2.75) is 53.4 Å². The van der Waals surface area contributed by atoms with Gasteiger partial charge in [0.1, 0.15) is 0 Å². The summed E-state index contributed by atoms with van der Waals surface area (Å²) in [6.45, 7) is 4.74. The molecule has 0 unspecified atom stereocenters. The molecule has 2 aliphatic carbocycles. The molecule has 0 heteroatoms. The van der Waals surface area contributed by atoms with Crippen LogP contribution in [0.15, 0.2) is 0 Å². The van der Waals surface area contributed by atoms with Crippen LogP contribution < -0.4 is 0 Å². The lowest BCUT2D eigenvalue weighted by Gasteiger charge is -2.55. The number of hydrogen-bond acceptors (Lipinski definition) is 0. The van der Waals surface area contributed by atoms with E-state index in [1.54, 1.807) is 25.7 Å². The highest BCUT2D eigenvalue weighted by Crippen LogP contribution is 2.60. The summed E-state index contributed by atoms with van der Waals surface area (Å²) >= 11 is 0. The quantitative estimate of drug-likeness (QED) is 0.538. The first-order valence-electron chi connectivity index (χ1n) is 4.72. The summed E-state index contributed by atoms with van der Waals surface area (Å²) in [4.78, 5) is 0. The van der Waals surface area contributed by atoms with Crippen molar-refractivity contribution in [2.75, 3.05) is 0 Å². The van der Waals surface area contributed by atoms with Crippen molar-refractivity contribution in [1.29, 1.82) is 0 Å². The lowest BCUT2D eigenvalue weighted by molar-refractivity contribution is -0.0435. The Morgan fingerprint density at radius 1 is 1.18 bits per heavy atom. The first-order chi connectivity index (χ1) is 4.72. The highest BCUT2D eigenvalue weighted by Gasteiger charge is 2.48. The number of rotatable bonds is 1. The van der Waals surface area contributed by atoms with Gasteiger partial charge in [0.15, 0.2) is 0 Å². The van der Waals surface area contributed by atoms with E-state index in [0.29, 0.717) is 0 Å². The van der Waals surface area contributed by atoms with Gasteiger partial charge in [0, 0.05) is 0 Å². The summed E-state index contributed by atoms with van der Waals surface area (Å²) in [5.41, 5.74) is 0.898. The van der Waals surface area contributed by atoms with Crippen molar-refractivity contribution in [2.24, 2.45) is 17.3 Å². The third-order valence-electron chi connectivity index (χ3n) is 3.75. The van der Waals surface area contributed by atoms with Gasteiger partial charge in [-0.05, 0) is 42.9 Å². The SMILES string of the molecule is C.CC(C)C1CC2(CCC2)C1. The molecule has 0 bridgehead atoms. The molecular formula is C11H22. The van der Waals surface area contributed by atoms with Crippen molar-refractivity contribution >= 4 is 0 Å². The van der Waals surface area contributed by atoms with E-state index in [-0.39, 0.29) is 7.43 Å². The Bertz CT molecular complexity index is 123. The van der Waals surface area contributed by atoms with Gasteiger partial charge in [-0.3, -0.25) is 0 Å². The maximum Gasteiger partial charge on any atom is -0.0292 e. The molecule has 0 radical (unpaired) electrons. The largest absolute Gasteiger partial charge is 0.0776 e. The Morgan fingerprint density at radius 3 is 2.00 bits per heavy atom. The van der Waals surface area contributed by atoms with E-state index >= 15 is 0 Å². The molecule has 0 saturated heterocycles. The van der Waals surface area contributed by atoms with Crippen LogP contribution in [0.4, 0.5) is 0 Å². The molecule has 2 aliphatic rings. The van der Waals surface area contributed by atoms with Crippen LogP contribution in [0.3, 0.4) is 0 Å². The van der Waals surface area contributed by atoms with E-state index in [0.717, 1.165) is 17.3 Å². The van der Waals surface area contributed by atoms with Crippen LogP contribution in [-0.4, -0.2) is 0 Å². The second kappa shape index (κ2) is 2.80. The summed E-state index contributed by atoms with van der Waals surface area (Å²) < 4.78 is 0. The Balaban J connectivity index is 0.000000605. The zero-order valence-corrected chi connectivity index (χ0v) is 7.19. The summed E-state index contributed by atoms with van der Waals surface area (Å²) in [5, 5.41) is 0. The van der Waals surface area contributed by atoms with Crippen molar-refractivity contribution in [1.82, 2.24) is 0 Å². The standard InChI is InChI=1S/C10H18.CH4/c1-8(2)9-6-10(7-9)4-3-5-10;/h8-9H,3-7H2,1-2H3;1H4. The van der Waals surface area contributed by atoms with Crippen molar-refractivity contribution < 1.29 is 0 Å². The van der Waals surface area contributed by atoms with E-state index in [2.05, 4.69) is 13.8 Å². The van der Waals surface area contributed by atoms with Crippen LogP contribution in [0.2, 0.25) is 0 Å². The van der Waals surface area contributed by atoms with E-state index in [1.807, 2.05) is 0 Å². The predicted octanol–water partition coefficient (Wildman–Crippen LogP) is 3.86. The van der Waals surface area contributed by atoms with Gasteiger partial charge in [-0.15, -0.1) is 0 Å². The predicted molar refractivity (Wildman–Crippen MR) is 50.6 cm³/mol. The molecule has 0 aromatic heterocycles. The lowest BCUT2D eigenvalue weighted by atomic mass is 9.50. The van der Waals surface area contributed by atoms with Gasteiger partial charge in [0.05, 0.1) is 0 Å². The van der Waals surface area contributed by atoms with E-state index in [1.165, 1.54) is 6.42 Å². The fraction of sp³-hybridized carbons (Fsp3) is 1.00. The maximum absolute atomic E-state index is 2.37. The van der Waals surface area contributed by atoms with Crippen LogP contribution in [0.1, 0.15) is 53.4 Å². The van der Waals surface area contributed by atoms with Gasteiger partial charge in [0.25, 0.3) is 0 Å². The first-order valence-corrected chi connectivity index (χ1v) is 4.72. The minimum Gasteiger partial charge on any atom is -0.0776 e. The molecule has 0 N–H and O–H groups in total. The Labute approximate surface area is 71.4 Å². The molecule has 0 nitrogen and oxygen atoms in total. The molecule has 2 saturated carbocycles. The van der Waals surface area contributed by atoms with Gasteiger partial charge in [-0.25, -0.2) is 0 Å². The molecule has 0 atom stereocenters. The third-order valence-corrected chi connectivity index (χ3v) is 3.75. The monoisotopic (exact) mass is 154 g/mol. The van der Waals surface area contributed by atoms with Crippen LogP contribution in [0.25, 0.3) is 0 Å². The fourth-order valence-corrected chi connectivity index (χ4v) is 2.61. The second-order valence-electron chi connectivity index (χ2n) is 4.77. The Kier molecular flexibility index (Phi) is 2.32. The zero-order valence-electron chi connectivity index (χ0n) is 7.19. The minimum absolute atomic E-state index is 0. The van der Waals surface area contributed by atoms with Crippen LogP contribution in [-0.2, 0) is 0 Å². The first kappa shape index (κ1) is 9.09. The van der Waals surface area contributed by atoms with E-state index in [9.17, 15) is 0 Å². The van der Waals surface area contributed by atoms with Crippen molar-refractivity contribution in [3.8, 4) is 0 Å². The van der Waals surface area contributed by atoms with Gasteiger partial charge >= 0.3 is 0 Å². The molecule has 0 heterocycles. The highest BCUT2D eigenvalue weighted by molar-refractivity contribution is 4.99. The fourth-order valence-electron chi connectivity index (χ4n) is 2.61. The molecule has 0 aromatic rings. The molecule has 1 spiro atoms. The van der Waals surface area contributed by atoms with Crippen molar-refractivity contribution in [3.63, 3.8) is 0 Å². The molecule has 0 aliphatic heterocycles. The molecule has 0 amide bonds. The molecule has 2 rings (SSSR count). The second-order valence-corrected chi connectivity index (χ2v) is 4.77. The summed E-state index contributed by atoms with van der Waals surface area (Å²) in [5.74, 6) is 2.03. The van der Waals surface area contributed by atoms with Gasteiger partial charge in [-0.2, -0.15) is 0 Å². The Morgan fingerprint density at radius 2 is 1.73 bits per heavy atom. The average molecular weight is 154 g/mol. The van der Waals surface area contributed by atoms with Crippen LogP contribution in [0.5, 0.6) is 0 Å². The lowest BCUT2D eigenvalue weighted by Crippen LogP contribution is -2.44. The summed E-state index contributed by atoms with van der Waals surface area (Å²) in [7, 11) is 0. The maximum atomic E-state index is 2.37. The topological polar surface area (TPSA) is 0 Å². The van der Waals surface area contributed by atoms with Crippen LogP contribution in [0, 0.1) is 17.3 Å². The normalized spacial score (nSPS) is 27.5. The molecule has 2 fully saturated rings. The molecule has 11 heavy (non-hydrogen) atoms. The molecule has 0 aromatic carbocycles. The summed E-state index contributed by atoms with van der Waals surface area (Å²) in [6.07, 6.45) is 7.74. The third kappa shape index (κ3) is 1.32. The van der Waals surface area contributed by atoms with Gasteiger partial charge in [0.2, 0.25) is 0 Å². The number of hydrogen-bond donors (Lipinski definition) is 0. The minimum atomic E-state index is 0. The highest BCUT2D eigenvalue weighted by atomic mass is 14.5. The van der Waals surface area contributed by atoms with Crippen LogP contribution >= 0.6 is 0 Å². The smallest absolute Gasteiger partial charge is 0.0292 e. The Hall–Kier alpha value is 0. The summed E-state index contributed by atoms with van der Waals surface area (Å²) in [6, 6.07) is 0. The van der Waals surface area contributed by atoms with Gasteiger partial charge in [-0.1, -0.05) is 27.7 Å². The van der Waals surface area contributed by atoms with E-state index in [4.69, 9.17) is 0 Å². The zero-order chi connectivity index (χ0) is 7.19.